The molecule has 4 heterocycles. The molecule has 1 aliphatic rings. The van der Waals surface area contributed by atoms with E-state index in [0.717, 1.165) is 17.1 Å². The van der Waals surface area contributed by atoms with Gasteiger partial charge in [0.15, 0.2) is 0 Å². The van der Waals surface area contributed by atoms with Crippen LogP contribution in [0.5, 0.6) is 0 Å². The van der Waals surface area contributed by atoms with Crippen molar-refractivity contribution in [2.24, 2.45) is 0 Å². The summed E-state index contributed by atoms with van der Waals surface area (Å²) in [5, 5.41) is 4.63. The second kappa shape index (κ2) is 6.41. The average Bonchev–Trinajstić information content (AvgIpc) is 3.34. The first-order valence-electron chi connectivity index (χ1n) is 8.71. The molecule has 146 valence electrons. The molecule has 3 aromatic heterocycles. The van der Waals surface area contributed by atoms with Crippen LogP contribution in [0.1, 0.15) is 32.0 Å². The number of hydrogen-bond acceptors (Lipinski definition) is 5. The van der Waals surface area contributed by atoms with Gasteiger partial charge in [0.25, 0.3) is 5.91 Å². The Morgan fingerprint density at radius 1 is 1.41 bits per heavy atom. The fraction of sp³-hybridized carbons (Fsp3) is 0.150. The fourth-order valence-electron chi connectivity index (χ4n) is 3.69. The maximum absolute atomic E-state index is 14.2. The third kappa shape index (κ3) is 2.65. The van der Waals surface area contributed by atoms with Gasteiger partial charge < -0.3 is 14.1 Å². The third-order valence-corrected chi connectivity index (χ3v) is 5.81. The van der Waals surface area contributed by atoms with Gasteiger partial charge >= 0.3 is 5.97 Å². The van der Waals surface area contributed by atoms with Crippen LogP contribution >= 0.6 is 15.9 Å². The summed E-state index contributed by atoms with van der Waals surface area (Å²) in [5.74, 6) is -1.05. The molecule has 9 heteroatoms. The lowest BCUT2D eigenvalue weighted by molar-refractivity contribution is 0.0599. The zero-order valence-corrected chi connectivity index (χ0v) is 16.7. The predicted octanol–water partition coefficient (Wildman–Crippen LogP) is 3.92. The molecule has 0 atom stereocenters. The lowest BCUT2D eigenvalue weighted by atomic mass is 10.1. The van der Waals surface area contributed by atoms with E-state index in [9.17, 15) is 14.0 Å². The number of hydrogen-bond donors (Lipinski definition) is 0. The molecule has 29 heavy (non-hydrogen) atoms. The second-order valence-electron chi connectivity index (χ2n) is 6.71. The monoisotopic (exact) mass is 457 g/mol. The predicted molar refractivity (Wildman–Crippen MR) is 104 cm³/mol. The molecule has 0 aliphatic carbocycles. The Labute approximate surface area is 171 Å². The minimum Gasteiger partial charge on any atom is -0.465 e. The van der Waals surface area contributed by atoms with Crippen LogP contribution in [0, 0.1) is 5.82 Å². The largest absolute Gasteiger partial charge is 0.465 e. The lowest BCUT2D eigenvalue weighted by Crippen LogP contribution is -2.33. The van der Waals surface area contributed by atoms with Gasteiger partial charge in [-0.3, -0.25) is 4.79 Å². The molecule has 0 spiro atoms. The lowest BCUT2D eigenvalue weighted by Gasteiger charge is -2.25. The molecule has 1 aliphatic heterocycles. The minimum atomic E-state index is -0.701. The van der Waals surface area contributed by atoms with E-state index in [2.05, 4.69) is 21.0 Å². The molecule has 4 aromatic rings. The van der Waals surface area contributed by atoms with Gasteiger partial charge in [-0.2, -0.15) is 5.10 Å². The molecule has 0 N–H and O–H groups in total. The molecule has 0 bridgehead atoms. The first kappa shape index (κ1) is 17.9. The van der Waals surface area contributed by atoms with Crippen molar-refractivity contribution in [2.45, 2.75) is 13.1 Å². The summed E-state index contributed by atoms with van der Waals surface area (Å²) in [6.45, 7) is 0.548. The molecule has 0 saturated heterocycles. The summed E-state index contributed by atoms with van der Waals surface area (Å²) >= 11 is 3.19. The smallest absolute Gasteiger partial charge is 0.341 e. The maximum Gasteiger partial charge on any atom is 0.341 e. The molecule has 5 rings (SSSR count). The number of amides is 1. The molecule has 1 amide bonds. The number of pyridine rings is 1. The SMILES string of the molecule is COC(=O)c1cc(F)c(Br)c2cc(CN3Cc4cccn5ncc(c45)C3=O)oc12. The van der Waals surface area contributed by atoms with Crippen molar-refractivity contribution in [3.63, 3.8) is 0 Å². The molecule has 0 unspecified atom stereocenters. The zero-order chi connectivity index (χ0) is 20.3. The van der Waals surface area contributed by atoms with Crippen molar-refractivity contribution in [2.75, 3.05) is 7.11 Å². The van der Waals surface area contributed by atoms with Crippen LogP contribution in [0.2, 0.25) is 0 Å². The van der Waals surface area contributed by atoms with Crippen LogP contribution < -0.4 is 0 Å². The van der Waals surface area contributed by atoms with Crippen molar-refractivity contribution < 1.29 is 23.1 Å². The number of benzene rings is 1. The Morgan fingerprint density at radius 3 is 3.03 bits per heavy atom. The minimum absolute atomic E-state index is 0.0110. The molecule has 7 nitrogen and oxygen atoms in total. The van der Waals surface area contributed by atoms with Gasteiger partial charge in [0.2, 0.25) is 0 Å². The van der Waals surface area contributed by atoms with Crippen molar-refractivity contribution in [1.82, 2.24) is 14.5 Å². The number of furan rings is 1. The number of methoxy groups -OCH3 is 1. The van der Waals surface area contributed by atoms with Crippen LogP contribution in [0.3, 0.4) is 0 Å². The summed E-state index contributed by atoms with van der Waals surface area (Å²) in [7, 11) is 1.22. The number of carbonyl (C=O) groups is 2. The molecular formula is C20H13BrFN3O4. The molecule has 0 radical (unpaired) electrons. The highest BCUT2D eigenvalue weighted by Gasteiger charge is 2.29. The van der Waals surface area contributed by atoms with E-state index in [1.807, 2.05) is 12.1 Å². The topological polar surface area (TPSA) is 77.1 Å². The normalized spacial score (nSPS) is 13.5. The summed E-state index contributed by atoms with van der Waals surface area (Å²) in [4.78, 5) is 26.6. The molecule has 0 fully saturated rings. The van der Waals surface area contributed by atoms with E-state index in [1.54, 1.807) is 27.9 Å². The van der Waals surface area contributed by atoms with Crippen molar-refractivity contribution >= 4 is 44.3 Å². The summed E-state index contributed by atoms with van der Waals surface area (Å²) in [5.41, 5.74) is 2.49. The first-order valence-corrected chi connectivity index (χ1v) is 9.50. The number of nitrogens with zero attached hydrogens (tertiary/aromatic N) is 3. The Balaban J connectivity index is 1.55. The Hall–Kier alpha value is -3.20. The van der Waals surface area contributed by atoms with E-state index in [1.165, 1.54) is 7.11 Å². The van der Waals surface area contributed by atoms with E-state index in [-0.39, 0.29) is 28.1 Å². The maximum atomic E-state index is 14.2. The van der Waals surface area contributed by atoms with Gasteiger partial charge in [-0.1, -0.05) is 6.07 Å². The highest BCUT2D eigenvalue weighted by atomic mass is 79.9. The highest BCUT2D eigenvalue weighted by molar-refractivity contribution is 9.10. The third-order valence-electron chi connectivity index (χ3n) is 5.00. The van der Waals surface area contributed by atoms with Crippen LogP contribution in [-0.4, -0.2) is 33.5 Å². The quantitative estimate of drug-likeness (QED) is 0.435. The number of esters is 1. The van der Waals surface area contributed by atoms with Gasteiger partial charge in [0.05, 0.1) is 35.4 Å². The summed E-state index contributed by atoms with van der Waals surface area (Å²) in [6.07, 6.45) is 3.35. The number of halogens is 2. The van der Waals surface area contributed by atoms with E-state index < -0.39 is 11.8 Å². The van der Waals surface area contributed by atoms with Gasteiger partial charge in [0, 0.05) is 18.1 Å². The van der Waals surface area contributed by atoms with Gasteiger partial charge in [-0.05, 0) is 39.7 Å². The Morgan fingerprint density at radius 2 is 2.24 bits per heavy atom. The zero-order valence-electron chi connectivity index (χ0n) is 15.1. The van der Waals surface area contributed by atoms with Crippen LogP contribution in [0.15, 0.2) is 45.5 Å². The highest BCUT2D eigenvalue weighted by Crippen LogP contribution is 2.34. The van der Waals surface area contributed by atoms with Crippen LogP contribution in [0.4, 0.5) is 4.39 Å². The van der Waals surface area contributed by atoms with Gasteiger partial charge in [-0.25, -0.2) is 13.7 Å². The average molecular weight is 458 g/mol. The van der Waals surface area contributed by atoms with Crippen LogP contribution in [-0.2, 0) is 17.8 Å². The number of rotatable bonds is 3. The van der Waals surface area contributed by atoms with Crippen LogP contribution in [0.25, 0.3) is 16.5 Å². The standard InChI is InChI=1S/C20H13BrFN3O4/c1-28-20(27)13-6-15(22)16(21)12-5-11(29-18(12)13)9-24-8-10-3-2-4-25-17(10)14(7-23-25)19(24)26/h2-7H,8-9H2,1H3. The Kier molecular flexibility index (Phi) is 3.95. The van der Waals surface area contributed by atoms with Crippen molar-refractivity contribution in [3.8, 4) is 0 Å². The molecule has 0 saturated carbocycles. The van der Waals surface area contributed by atoms with E-state index >= 15 is 0 Å². The summed E-state index contributed by atoms with van der Waals surface area (Å²) in [6, 6.07) is 6.50. The summed E-state index contributed by atoms with van der Waals surface area (Å²) < 4.78 is 26.7. The number of aromatic nitrogens is 2. The molecular weight excluding hydrogens is 445 g/mol. The van der Waals surface area contributed by atoms with E-state index in [4.69, 9.17) is 9.15 Å². The number of ether oxygens (including phenoxy) is 1. The van der Waals surface area contributed by atoms with Gasteiger partial charge in [-0.15, -0.1) is 0 Å². The van der Waals surface area contributed by atoms with Crippen molar-refractivity contribution in [1.29, 1.82) is 0 Å². The molecule has 1 aromatic carbocycles. The second-order valence-corrected chi connectivity index (χ2v) is 7.51. The number of carbonyl (C=O) groups excluding carboxylic acids is 2. The number of fused-ring (bicyclic) bond motifs is 1. The first-order chi connectivity index (χ1) is 14.0. The Bertz CT molecular complexity index is 1330. The van der Waals surface area contributed by atoms with E-state index in [0.29, 0.717) is 23.3 Å². The van der Waals surface area contributed by atoms with Crippen molar-refractivity contribution in [3.05, 3.63) is 69.4 Å². The van der Waals surface area contributed by atoms with Gasteiger partial charge in [0.1, 0.15) is 22.7 Å². The fourth-order valence-corrected chi connectivity index (χ4v) is 4.10.